The summed E-state index contributed by atoms with van der Waals surface area (Å²) in [5, 5.41) is 9.08. The van der Waals surface area contributed by atoms with Crippen LogP contribution < -0.4 is 4.72 Å². The number of benzene rings is 1. The van der Waals surface area contributed by atoms with Gasteiger partial charge in [-0.25, -0.2) is 13.1 Å². The van der Waals surface area contributed by atoms with Crippen molar-refractivity contribution < 1.29 is 13.5 Å². The molecule has 0 saturated heterocycles. The third kappa shape index (κ3) is 4.03. The van der Waals surface area contributed by atoms with Crippen molar-refractivity contribution in [1.29, 1.82) is 0 Å². The molecule has 0 aliphatic heterocycles. The molecule has 0 bridgehead atoms. The van der Waals surface area contributed by atoms with Crippen LogP contribution >= 0.6 is 31.9 Å². The number of aliphatic hydroxyl groups is 1. The maximum atomic E-state index is 11.9. The van der Waals surface area contributed by atoms with Gasteiger partial charge in [0.05, 0.1) is 11.0 Å². The van der Waals surface area contributed by atoms with Gasteiger partial charge in [0, 0.05) is 15.5 Å². The van der Waals surface area contributed by atoms with Gasteiger partial charge in [-0.15, -0.1) is 0 Å². The number of halogens is 2. The molecular weight excluding hydrogens is 374 g/mol. The zero-order valence-corrected chi connectivity index (χ0v) is 13.4. The van der Waals surface area contributed by atoms with Crippen LogP contribution in [0, 0.1) is 6.92 Å². The fourth-order valence-corrected chi connectivity index (χ4v) is 3.94. The van der Waals surface area contributed by atoms with Crippen LogP contribution in [0.15, 0.2) is 26.0 Å². The molecule has 0 amide bonds. The van der Waals surface area contributed by atoms with Crippen LogP contribution in [0.3, 0.4) is 0 Å². The first-order valence-corrected chi connectivity index (χ1v) is 7.94. The van der Waals surface area contributed by atoms with Gasteiger partial charge in [0.15, 0.2) is 0 Å². The summed E-state index contributed by atoms with van der Waals surface area (Å²) in [4.78, 5) is 0.149. The van der Waals surface area contributed by atoms with Gasteiger partial charge in [0.25, 0.3) is 0 Å². The molecule has 0 saturated carbocycles. The number of aryl methyl sites for hydroxylation is 1. The highest BCUT2D eigenvalue weighted by molar-refractivity contribution is 9.11. The average molecular weight is 387 g/mol. The molecule has 4 nitrogen and oxygen atoms in total. The van der Waals surface area contributed by atoms with E-state index in [0.717, 1.165) is 10.0 Å². The molecule has 1 rings (SSSR count). The Balaban J connectivity index is 3.11. The molecule has 0 heterocycles. The van der Waals surface area contributed by atoms with E-state index in [1.165, 1.54) is 13.0 Å². The van der Waals surface area contributed by atoms with E-state index >= 15 is 0 Å². The second-order valence-electron chi connectivity index (χ2n) is 3.73. The number of aliphatic hydroxyl groups excluding tert-OH is 1. The van der Waals surface area contributed by atoms with Gasteiger partial charge in [-0.3, -0.25) is 0 Å². The molecular formula is C10H13Br2NO3S. The number of sulfonamides is 1. The lowest BCUT2D eigenvalue weighted by molar-refractivity contribution is 0.198. The number of hydrogen-bond donors (Lipinski definition) is 2. The number of rotatable bonds is 4. The summed E-state index contributed by atoms with van der Waals surface area (Å²) in [6, 6.07) is 3.25. The lowest BCUT2D eigenvalue weighted by Crippen LogP contribution is -2.30. The maximum Gasteiger partial charge on any atom is 0.241 e. The summed E-state index contributed by atoms with van der Waals surface area (Å²) in [5.74, 6) is 0. The average Bonchev–Trinajstić information content (AvgIpc) is 2.20. The summed E-state index contributed by atoms with van der Waals surface area (Å²) in [6.45, 7) is 3.37. The summed E-state index contributed by atoms with van der Waals surface area (Å²) in [7, 11) is -3.61. The van der Waals surface area contributed by atoms with Gasteiger partial charge >= 0.3 is 0 Å². The van der Waals surface area contributed by atoms with E-state index in [2.05, 4.69) is 36.6 Å². The summed E-state index contributed by atoms with van der Waals surface area (Å²) >= 11 is 6.51. The van der Waals surface area contributed by atoms with Crippen molar-refractivity contribution in [3.8, 4) is 0 Å². The molecule has 0 aliphatic carbocycles. The molecule has 0 aromatic heterocycles. The zero-order valence-electron chi connectivity index (χ0n) is 9.37. The van der Waals surface area contributed by atoms with Crippen LogP contribution in [0.4, 0.5) is 0 Å². The number of nitrogens with one attached hydrogen (secondary N) is 1. The second kappa shape index (κ2) is 5.79. The molecule has 1 aromatic carbocycles. The van der Waals surface area contributed by atoms with Crippen molar-refractivity contribution in [1.82, 2.24) is 4.72 Å². The molecule has 0 aliphatic rings. The Morgan fingerprint density at radius 1 is 1.35 bits per heavy atom. The molecule has 1 aromatic rings. The lowest BCUT2D eigenvalue weighted by atomic mass is 10.2. The van der Waals surface area contributed by atoms with Crippen molar-refractivity contribution >= 4 is 41.9 Å². The van der Waals surface area contributed by atoms with Crippen molar-refractivity contribution in [2.45, 2.75) is 24.8 Å². The molecule has 7 heteroatoms. The second-order valence-corrected chi connectivity index (χ2v) is 7.18. The highest BCUT2D eigenvalue weighted by atomic mass is 79.9. The van der Waals surface area contributed by atoms with Gasteiger partial charge in [0.1, 0.15) is 0 Å². The van der Waals surface area contributed by atoms with Crippen molar-refractivity contribution in [2.75, 3.05) is 6.54 Å². The minimum absolute atomic E-state index is 0.0136. The van der Waals surface area contributed by atoms with Crippen molar-refractivity contribution in [3.63, 3.8) is 0 Å². The predicted molar refractivity (Wildman–Crippen MR) is 73.4 cm³/mol. The highest BCUT2D eigenvalue weighted by Crippen LogP contribution is 2.28. The standard InChI is InChI=1S/C10H13Br2NO3S/c1-6-3-9(12)10(4-8(6)11)17(15,16)13-5-7(2)14/h3-4,7,13-14H,5H2,1-2H3/t7-/m0/s1. The third-order valence-corrected chi connectivity index (χ3v) is 5.31. The van der Waals surface area contributed by atoms with Gasteiger partial charge in [-0.1, -0.05) is 15.9 Å². The quantitative estimate of drug-likeness (QED) is 0.833. The van der Waals surface area contributed by atoms with Crippen LogP contribution in [0.5, 0.6) is 0 Å². The number of hydrogen-bond acceptors (Lipinski definition) is 3. The Kier molecular flexibility index (Phi) is 5.15. The fraction of sp³-hybridized carbons (Fsp3) is 0.400. The Bertz CT molecular complexity index is 515. The topological polar surface area (TPSA) is 66.4 Å². The zero-order chi connectivity index (χ0) is 13.2. The lowest BCUT2D eigenvalue weighted by Gasteiger charge is -2.11. The minimum Gasteiger partial charge on any atom is -0.392 e. The Morgan fingerprint density at radius 3 is 2.47 bits per heavy atom. The molecule has 0 unspecified atom stereocenters. The van der Waals surface area contributed by atoms with Crippen LogP contribution in [0.2, 0.25) is 0 Å². The third-order valence-electron chi connectivity index (χ3n) is 2.07. The smallest absolute Gasteiger partial charge is 0.241 e. The highest BCUT2D eigenvalue weighted by Gasteiger charge is 2.19. The summed E-state index contributed by atoms with van der Waals surface area (Å²) < 4.78 is 27.4. The maximum absolute atomic E-state index is 11.9. The van der Waals surface area contributed by atoms with Crippen molar-refractivity contribution in [2.24, 2.45) is 0 Å². The van der Waals surface area contributed by atoms with Gasteiger partial charge in [-0.2, -0.15) is 0 Å². The Hall–Kier alpha value is 0.0500. The monoisotopic (exact) mass is 385 g/mol. The fourth-order valence-electron chi connectivity index (χ4n) is 1.14. The molecule has 96 valence electrons. The molecule has 0 radical (unpaired) electrons. The van der Waals surface area contributed by atoms with E-state index in [1.54, 1.807) is 6.07 Å². The largest absolute Gasteiger partial charge is 0.392 e. The van der Waals surface area contributed by atoms with E-state index < -0.39 is 16.1 Å². The molecule has 0 spiro atoms. The van der Waals surface area contributed by atoms with Crippen molar-refractivity contribution in [3.05, 3.63) is 26.6 Å². The van der Waals surface area contributed by atoms with Crippen LogP contribution in [0.25, 0.3) is 0 Å². The summed E-state index contributed by atoms with van der Waals surface area (Å²) in [6.07, 6.45) is -0.725. The molecule has 1 atom stereocenters. The van der Waals surface area contributed by atoms with Crippen LogP contribution in [0.1, 0.15) is 12.5 Å². The van der Waals surface area contributed by atoms with E-state index in [9.17, 15) is 8.42 Å². The van der Waals surface area contributed by atoms with Gasteiger partial charge < -0.3 is 5.11 Å². The van der Waals surface area contributed by atoms with Gasteiger partial charge in [-0.05, 0) is 47.5 Å². The van der Waals surface area contributed by atoms with E-state index in [0.29, 0.717) is 4.47 Å². The van der Waals surface area contributed by atoms with E-state index in [1.807, 2.05) is 6.92 Å². The Labute approximate surface area is 118 Å². The SMILES string of the molecule is Cc1cc(Br)c(S(=O)(=O)NC[C@H](C)O)cc1Br. The van der Waals surface area contributed by atoms with Crippen LogP contribution in [-0.2, 0) is 10.0 Å². The first-order chi connectivity index (χ1) is 7.74. The molecule has 17 heavy (non-hydrogen) atoms. The first-order valence-electron chi connectivity index (χ1n) is 4.87. The Morgan fingerprint density at radius 2 is 1.94 bits per heavy atom. The summed E-state index contributed by atoms with van der Waals surface area (Å²) in [5.41, 5.74) is 0.936. The minimum atomic E-state index is -3.61. The molecule has 2 N–H and O–H groups in total. The van der Waals surface area contributed by atoms with Crippen LogP contribution in [-0.4, -0.2) is 26.2 Å². The molecule has 0 fully saturated rings. The first kappa shape index (κ1) is 15.1. The normalized spacial score (nSPS) is 13.7. The predicted octanol–water partition coefficient (Wildman–Crippen LogP) is 2.18. The van der Waals surface area contributed by atoms with E-state index in [-0.39, 0.29) is 11.4 Å². The van der Waals surface area contributed by atoms with E-state index in [4.69, 9.17) is 5.11 Å². The van der Waals surface area contributed by atoms with Gasteiger partial charge in [0.2, 0.25) is 10.0 Å².